The van der Waals surface area contributed by atoms with Crippen LogP contribution in [0.15, 0.2) is 72.9 Å². The topological polar surface area (TPSA) is 114 Å². The number of carbonyl (C=O) groups is 2. The van der Waals surface area contributed by atoms with Gasteiger partial charge in [0.05, 0.1) is 33.8 Å². The number of amides is 1. The lowest BCUT2D eigenvalue weighted by atomic mass is 10.1. The molecule has 9 nitrogen and oxygen atoms in total. The minimum Gasteiger partial charge on any atom is -0.756 e. The van der Waals surface area contributed by atoms with Crippen molar-refractivity contribution in [3.05, 3.63) is 72.9 Å². The maximum Gasteiger partial charge on any atom is 0.306 e. The highest BCUT2D eigenvalue weighted by atomic mass is 31.2. The molecule has 394 valence electrons. The number of phosphoric ester groups is 1. The van der Waals surface area contributed by atoms with Crippen LogP contribution in [-0.2, 0) is 27.9 Å². The smallest absolute Gasteiger partial charge is 0.306 e. The number of rotatable bonds is 49. The average Bonchev–Trinajstić information content (AvgIpc) is 3.29. The molecule has 0 heterocycles. The second-order valence-corrected chi connectivity index (χ2v) is 21.1. The Bertz CT molecular complexity index is 1400. The Balaban J connectivity index is 5.40. The monoisotopic (exact) mass is 973 g/mol. The molecule has 10 heteroatoms. The van der Waals surface area contributed by atoms with Gasteiger partial charge in [0.2, 0.25) is 5.91 Å². The van der Waals surface area contributed by atoms with Crippen LogP contribution in [0, 0.1) is 0 Å². The van der Waals surface area contributed by atoms with Crippen LogP contribution < -0.4 is 10.2 Å². The predicted molar refractivity (Wildman–Crippen MR) is 288 cm³/mol. The van der Waals surface area contributed by atoms with Crippen molar-refractivity contribution >= 4 is 19.7 Å². The third-order valence-electron chi connectivity index (χ3n) is 11.9. The first-order chi connectivity index (χ1) is 32.9. The van der Waals surface area contributed by atoms with Crippen LogP contribution in [0.5, 0.6) is 0 Å². The fourth-order valence-corrected chi connectivity index (χ4v) is 8.29. The molecule has 3 unspecified atom stereocenters. The number of hydrogen-bond acceptors (Lipinski definition) is 7. The van der Waals surface area contributed by atoms with Gasteiger partial charge in [-0.15, -0.1) is 0 Å². The lowest BCUT2D eigenvalue weighted by Gasteiger charge is -2.30. The van der Waals surface area contributed by atoms with Crippen molar-refractivity contribution in [3.63, 3.8) is 0 Å². The van der Waals surface area contributed by atoms with Gasteiger partial charge in [-0.25, -0.2) is 0 Å². The number of hydrogen-bond donors (Lipinski definition) is 1. The van der Waals surface area contributed by atoms with Crippen LogP contribution in [0.3, 0.4) is 0 Å². The molecule has 0 aromatic heterocycles. The van der Waals surface area contributed by atoms with Crippen molar-refractivity contribution in [2.45, 2.75) is 245 Å². The number of allylic oxidation sites excluding steroid dienone is 11. The van der Waals surface area contributed by atoms with Crippen LogP contribution >= 0.6 is 7.82 Å². The number of carbonyl (C=O) groups excluding carboxylic acids is 2. The van der Waals surface area contributed by atoms with Crippen LogP contribution in [0.4, 0.5) is 0 Å². The molecule has 0 aromatic rings. The number of nitrogens with zero attached hydrogens (tertiary/aromatic N) is 1. The van der Waals surface area contributed by atoms with E-state index in [4.69, 9.17) is 13.8 Å². The standard InChI is InChI=1S/C58H105N2O7P/c1-7-10-13-16-19-22-25-27-29-30-31-32-35-38-41-44-47-50-57(61)59-55(54-66-68(63,64)65-53-52-60(4,5)6)56(49-46-43-40-37-34-24-21-18-15-12-9-3)67-58(62)51-48-45-42-39-36-33-28-26-23-20-17-14-11-8-2/h11,14,19-20,22-23,27,29,31-32,46,49,55-56H,7-10,12-13,15-18,21,24-26,28,30,33-45,47-48,50-54H2,1-6H3,(H-,59,61,63,64)/b14-11+,22-19-,23-20+,29-27-,32-31-,49-46+. The number of likely N-dealkylation sites (N-methyl/N-ethyl adjacent to an activating group) is 1. The zero-order valence-electron chi connectivity index (χ0n) is 44.8. The first kappa shape index (κ1) is 65.5. The molecule has 0 aliphatic heterocycles. The molecule has 1 amide bonds. The zero-order valence-corrected chi connectivity index (χ0v) is 45.7. The molecule has 0 fully saturated rings. The molecule has 0 radical (unpaired) electrons. The average molecular weight is 973 g/mol. The summed E-state index contributed by atoms with van der Waals surface area (Å²) < 4.78 is 30.2. The second-order valence-electron chi connectivity index (χ2n) is 19.7. The molecular weight excluding hydrogens is 868 g/mol. The van der Waals surface area contributed by atoms with E-state index in [0.29, 0.717) is 17.4 Å². The molecule has 0 rings (SSSR count). The summed E-state index contributed by atoms with van der Waals surface area (Å²) in [6.45, 7) is 6.66. The SMILES string of the molecule is CC/C=C/C/C=C/CCCCCCCCCC(=O)OC(/C=C/CCCCCCCCCCC)C(COP(=O)([O-])OCC[N+](C)(C)C)NC(=O)CCCCCC/C=C\C/C=C\C/C=C\CCCCC. The summed E-state index contributed by atoms with van der Waals surface area (Å²) in [6, 6.07) is -0.904. The minimum absolute atomic E-state index is 0.0309. The Labute approximate surface area is 419 Å². The zero-order chi connectivity index (χ0) is 50.1. The summed E-state index contributed by atoms with van der Waals surface area (Å²) >= 11 is 0. The Morgan fingerprint density at radius 3 is 1.44 bits per heavy atom. The fourth-order valence-electron chi connectivity index (χ4n) is 7.56. The first-order valence-electron chi connectivity index (χ1n) is 27.7. The molecule has 0 aliphatic carbocycles. The van der Waals surface area contributed by atoms with Crippen LogP contribution in [0.25, 0.3) is 0 Å². The molecule has 0 spiro atoms. The summed E-state index contributed by atoms with van der Waals surface area (Å²) in [5.74, 6) is -0.580. The van der Waals surface area contributed by atoms with Crippen molar-refractivity contribution in [2.24, 2.45) is 0 Å². The van der Waals surface area contributed by atoms with Crippen LogP contribution in [-0.4, -0.2) is 69.4 Å². The fraction of sp³-hybridized carbons (Fsp3) is 0.759. The summed E-state index contributed by atoms with van der Waals surface area (Å²) in [7, 11) is 1.16. The Hall–Kier alpha value is -2.55. The van der Waals surface area contributed by atoms with Gasteiger partial charge < -0.3 is 28.5 Å². The quantitative estimate of drug-likeness (QED) is 0.0212. The van der Waals surface area contributed by atoms with Gasteiger partial charge >= 0.3 is 5.97 Å². The van der Waals surface area contributed by atoms with E-state index in [9.17, 15) is 19.0 Å². The summed E-state index contributed by atoms with van der Waals surface area (Å²) in [5, 5.41) is 3.00. The number of nitrogens with one attached hydrogen (secondary N) is 1. The van der Waals surface area contributed by atoms with Crippen molar-refractivity contribution in [1.82, 2.24) is 5.32 Å². The summed E-state index contributed by atoms with van der Waals surface area (Å²) in [6.07, 6.45) is 60.1. The lowest BCUT2D eigenvalue weighted by Crippen LogP contribution is -2.47. The molecule has 0 saturated heterocycles. The highest BCUT2D eigenvalue weighted by molar-refractivity contribution is 7.45. The lowest BCUT2D eigenvalue weighted by molar-refractivity contribution is -0.870. The summed E-state index contributed by atoms with van der Waals surface area (Å²) in [5.41, 5.74) is 0. The van der Waals surface area contributed by atoms with Gasteiger partial charge in [-0.3, -0.25) is 14.2 Å². The molecule has 0 saturated carbocycles. The van der Waals surface area contributed by atoms with E-state index in [1.165, 1.54) is 89.9 Å². The third-order valence-corrected chi connectivity index (χ3v) is 12.8. The van der Waals surface area contributed by atoms with Gasteiger partial charge in [0.25, 0.3) is 7.82 Å². The van der Waals surface area contributed by atoms with Gasteiger partial charge in [-0.05, 0) is 96.0 Å². The van der Waals surface area contributed by atoms with Crippen LogP contribution in [0.1, 0.15) is 233 Å². The highest BCUT2D eigenvalue weighted by Crippen LogP contribution is 2.38. The minimum atomic E-state index is -4.70. The van der Waals surface area contributed by atoms with E-state index in [1.54, 1.807) is 0 Å². The van der Waals surface area contributed by atoms with E-state index >= 15 is 0 Å². The van der Waals surface area contributed by atoms with Crippen molar-refractivity contribution in [2.75, 3.05) is 40.9 Å². The molecule has 0 bridgehead atoms. The Morgan fingerprint density at radius 2 is 0.941 bits per heavy atom. The van der Waals surface area contributed by atoms with E-state index in [0.717, 1.165) is 103 Å². The van der Waals surface area contributed by atoms with Gasteiger partial charge in [0.15, 0.2) is 0 Å². The van der Waals surface area contributed by atoms with Crippen molar-refractivity contribution in [1.29, 1.82) is 0 Å². The maximum atomic E-state index is 13.5. The van der Waals surface area contributed by atoms with E-state index < -0.39 is 26.6 Å². The maximum absolute atomic E-state index is 13.5. The number of phosphoric acid groups is 1. The van der Waals surface area contributed by atoms with Crippen molar-refractivity contribution < 1.29 is 37.3 Å². The van der Waals surface area contributed by atoms with Gasteiger partial charge in [0.1, 0.15) is 19.3 Å². The molecular formula is C58H105N2O7P. The van der Waals surface area contributed by atoms with Crippen molar-refractivity contribution in [3.8, 4) is 0 Å². The highest BCUT2D eigenvalue weighted by Gasteiger charge is 2.27. The molecule has 68 heavy (non-hydrogen) atoms. The molecule has 0 aliphatic rings. The van der Waals surface area contributed by atoms with E-state index in [2.05, 4.69) is 86.8 Å². The Kier molecular flexibility index (Phi) is 46.3. The molecule has 3 atom stereocenters. The molecule has 1 N–H and O–H groups in total. The number of ether oxygens (including phenoxy) is 1. The van der Waals surface area contributed by atoms with Crippen LogP contribution in [0.2, 0.25) is 0 Å². The first-order valence-corrected chi connectivity index (χ1v) is 29.2. The number of esters is 1. The molecule has 0 aromatic carbocycles. The van der Waals surface area contributed by atoms with Gasteiger partial charge in [-0.2, -0.15) is 0 Å². The predicted octanol–water partition coefficient (Wildman–Crippen LogP) is 15.9. The summed E-state index contributed by atoms with van der Waals surface area (Å²) in [4.78, 5) is 39.8. The third kappa shape index (κ3) is 48.5. The van der Waals surface area contributed by atoms with E-state index in [1.807, 2.05) is 33.3 Å². The normalized spacial score (nSPS) is 14.4. The Morgan fingerprint density at radius 1 is 0.529 bits per heavy atom. The van der Waals surface area contributed by atoms with Gasteiger partial charge in [-0.1, -0.05) is 197 Å². The second kappa shape index (κ2) is 48.1. The van der Waals surface area contributed by atoms with E-state index in [-0.39, 0.29) is 31.3 Å². The number of unbranched alkanes of at least 4 members (excludes halogenated alkanes) is 23. The number of quaternary nitrogens is 1. The largest absolute Gasteiger partial charge is 0.756 e. The van der Waals surface area contributed by atoms with Gasteiger partial charge in [0, 0.05) is 12.8 Å².